The quantitative estimate of drug-likeness (QED) is 0.179. The zero-order valence-electron chi connectivity index (χ0n) is 11.1. The summed E-state index contributed by atoms with van der Waals surface area (Å²) in [6.45, 7) is 4.11. The van der Waals surface area contributed by atoms with Gasteiger partial charge in [-0.3, -0.25) is 5.26 Å². The molecule has 5 nitrogen and oxygen atoms in total. The lowest BCUT2D eigenvalue weighted by atomic mass is 10.1. The van der Waals surface area contributed by atoms with Gasteiger partial charge >= 0.3 is 5.97 Å². The molecule has 102 valence electrons. The molecule has 0 bridgehead atoms. The van der Waals surface area contributed by atoms with Crippen LogP contribution in [0.2, 0.25) is 0 Å². The van der Waals surface area contributed by atoms with E-state index in [1.165, 1.54) is 20.1 Å². The summed E-state index contributed by atoms with van der Waals surface area (Å²) in [5, 5.41) is 8.68. The fourth-order valence-electron chi connectivity index (χ4n) is 1.15. The van der Waals surface area contributed by atoms with Crippen molar-refractivity contribution >= 4 is 5.97 Å². The van der Waals surface area contributed by atoms with Crippen LogP contribution >= 0.6 is 0 Å². The van der Waals surface area contributed by atoms with Gasteiger partial charge in [-0.2, -0.15) is 0 Å². The second-order valence-corrected chi connectivity index (χ2v) is 3.70. The van der Waals surface area contributed by atoms with E-state index in [1.54, 1.807) is 13.0 Å². The Morgan fingerprint density at radius 2 is 2.22 bits per heavy atom. The predicted octanol–water partition coefficient (Wildman–Crippen LogP) is 1.78. The third-order valence-electron chi connectivity index (χ3n) is 2.20. The molecular weight excluding hydrogens is 236 g/mol. The number of esters is 1. The van der Waals surface area contributed by atoms with Gasteiger partial charge in [0, 0.05) is 13.0 Å². The summed E-state index contributed by atoms with van der Waals surface area (Å²) < 4.78 is 9.79. The van der Waals surface area contributed by atoms with Gasteiger partial charge in [0.25, 0.3) is 0 Å². The second kappa shape index (κ2) is 9.66. The molecule has 0 radical (unpaired) electrons. The van der Waals surface area contributed by atoms with E-state index in [1.807, 2.05) is 0 Å². The standard InChI is InChI=1S/C13H20O5/c1-4-5-6-7-10-17-11-8-9-13(2,18-15)12(14)16-3/h8-9,15H,6-7,10-11H2,1-3H3/b9-8+. The number of hydrogen-bond acceptors (Lipinski definition) is 5. The summed E-state index contributed by atoms with van der Waals surface area (Å²) in [6.07, 6.45) is 4.66. The molecule has 0 spiro atoms. The lowest BCUT2D eigenvalue weighted by molar-refractivity contribution is -0.298. The van der Waals surface area contributed by atoms with Gasteiger partial charge in [0.15, 0.2) is 0 Å². The lowest BCUT2D eigenvalue weighted by Gasteiger charge is -2.18. The first-order valence-electron chi connectivity index (χ1n) is 5.66. The van der Waals surface area contributed by atoms with E-state index in [4.69, 9.17) is 9.99 Å². The van der Waals surface area contributed by atoms with Crippen LogP contribution in [-0.4, -0.2) is 37.2 Å². The van der Waals surface area contributed by atoms with E-state index in [0.717, 1.165) is 12.8 Å². The van der Waals surface area contributed by atoms with Crippen LogP contribution in [0, 0.1) is 11.8 Å². The molecular formula is C13H20O5. The molecule has 1 atom stereocenters. The molecule has 0 amide bonds. The third-order valence-corrected chi connectivity index (χ3v) is 2.20. The minimum atomic E-state index is -1.49. The Labute approximate surface area is 108 Å². The zero-order chi connectivity index (χ0) is 13.9. The van der Waals surface area contributed by atoms with Crippen LogP contribution in [0.15, 0.2) is 12.2 Å². The first-order chi connectivity index (χ1) is 8.60. The maximum Gasteiger partial charge on any atom is 0.345 e. The van der Waals surface area contributed by atoms with Crippen LogP contribution in [-0.2, 0) is 19.2 Å². The van der Waals surface area contributed by atoms with E-state index in [2.05, 4.69) is 21.5 Å². The Morgan fingerprint density at radius 1 is 1.50 bits per heavy atom. The van der Waals surface area contributed by atoms with Crippen molar-refractivity contribution in [2.45, 2.75) is 32.3 Å². The summed E-state index contributed by atoms with van der Waals surface area (Å²) in [5.41, 5.74) is -1.49. The Morgan fingerprint density at radius 3 is 2.78 bits per heavy atom. The molecule has 0 aromatic carbocycles. The minimum absolute atomic E-state index is 0.329. The van der Waals surface area contributed by atoms with E-state index >= 15 is 0 Å². The summed E-state index contributed by atoms with van der Waals surface area (Å²) in [4.78, 5) is 15.4. The van der Waals surface area contributed by atoms with Crippen molar-refractivity contribution in [3.8, 4) is 11.8 Å². The van der Waals surface area contributed by atoms with Crippen LogP contribution in [0.4, 0.5) is 0 Å². The number of ether oxygens (including phenoxy) is 2. The highest BCUT2D eigenvalue weighted by molar-refractivity contribution is 5.81. The highest BCUT2D eigenvalue weighted by Crippen LogP contribution is 2.12. The summed E-state index contributed by atoms with van der Waals surface area (Å²) in [5.74, 6) is 5.05. The molecule has 0 aliphatic rings. The molecule has 0 rings (SSSR count). The molecule has 0 fully saturated rings. The maximum atomic E-state index is 11.3. The average molecular weight is 256 g/mol. The number of carbonyl (C=O) groups is 1. The molecule has 1 N–H and O–H groups in total. The molecule has 0 saturated heterocycles. The number of unbranched alkanes of at least 4 members (excludes halogenated alkanes) is 1. The van der Waals surface area contributed by atoms with Crippen molar-refractivity contribution in [2.75, 3.05) is 20.3 Å². The zero-order valence-corrected chi connectivity index (χ0v) is 11.1. The van der Waals surface area contributed by atoms with Crippen molar-refractivity contribution in [3.63, 3.8) is 0 Å². The highest BCUT2D eigenvalue weighted by Gasteiger charge is 2.33. The van der Waals surface area contributed by atoms with E-state index in [9.17, 15) is 4.79 Å². The number of hydrogen-bond donors (Lipinski definition) is 1. The summed E-state index contributed by atoms with van der Waals surface area (Å²) in [6, 6.07) is 0. The normalized spacial score (nSPS) is 13.8. The van der Waals surface area contributed by atoms with Gasteiger partial charge in [-0.15, -0.1) is 11.8 Å². The molecule has 0 aliphatic carbocycles. The molecule has 0 aliphatic heterocycles. The van der Waals surface area contributed by atoms with Gasteiger partial charge in [0.05, 0.1) is 13.7 Å². The highest BCUT2D eigenvalue weighted by atomic mass is 17.1. The van der Waals surface area contributed by atoms with Crippen molar-refractivity contribution in [2.24, 2.45) is 0 Å². The van der Waals surface area contributed by atoms with Gasteiger partial charge in [-0.25, -0.2) is 9.68 Å². The smallest absolute Gasteiger partial charge is 0.345 e. The largest absolute Gasteiger partial charge is 0.467 e. The van der Waals surface area contributed by atoms with Crippen molar-refractivity contribution < 1.29 is 24.4 Å². The van der Waals surface area contributed by atoms with E-state index in [0.29, 0.717) is 13.2 Å². The van der Waals surface area contributed by atoms with E-state index < -0.39 is 11.6 Å². The van der Waals surface area contributed by atoms with Gasteiger partial charge in [-0.1, -0.05) is 6.08 Å². The number of methoxy groups -OCH3 is 1. The summed E-state index contributed by atoms with van der Waals surface area (Å²) >= 11 is 0. The second-order valence-electron chi connectivity index (χ2n) is 3.70. The van der Waals surface area contributed by atoms with Crippen molar-refractivity contribution in [1.29, 1.82) is 0 Å². The molecule has 0 heterocycles. The number of rotatable bonds is 8. The van der Waals surface area contributed by atoms with Crippen molar-refractivity contribution in [3.05, 3.63) is 12.2 Å². The van der Waals surface area contributed by atoms with Gasteiger partial charge in [0.1, 0.15) is 0 Å². The third kappa shape index (κ3) is 6.40. The van der Waals surface area contributed by atoms with Crippen LogP contribution in [0.25, 0.3) is 0 Å². The Balaban J connectivity index is 3.91. The molecule has 0 aromatic rings. The van der Waals surface area contributed by atoms with Gasteiger partial charge in [0.2, 0.25) is 5.60 Å². The van der Waals surface area contributed by atoms with Crippen LogP contribution < -0.4 is 0 Å². The Hall–Kier alpha value is -1.35. The molecule has 5 heteroatoms. The summed E-state index contributed by atoms with van der Waals surface area (Å²) in [7, 11) is 1.22. The Bertz CT molecular complexity index is 326. The van der Waals surface area contributed by atoms with Crippen LogP contribution in [0.5, 0.6) is 0 Å². The number of carbonyl (C=O) groups excluding carboxylic acids is 1. The van der Waals surface area contributed by atoms with Gasteiger partial charge < -0.3 is 9.47 Å². The monoisotopic (exact) mass is 256 g/mol. The molecule has 18 heavy (non-hydrogen) atoms. The maximum absolute atomic E-state index is 11.3. The topological polar surface area (TPSA) is 65.0 Å². The predicted molar refractivity (Wildman–Crippen MR) is 66.8 cm³/mol. The van der Waals surface area contributed by atoms with Gasteiger partial charge in [-0.05, 0) is 26.3 Å². The first-order valence-corrected chi connectivity index (χ1v) is 5.66. The van der Waals surface area contributed by atoms with E-state index in [-0.39, 0.29) is 0 Å². The van der Waals surface area contributed by atoms with Crippen LogP contribution in [0.3, 0.4) is 0 Å². The molecule has 1 unspecified atom stereocenters. The lowest BCUT2D eigenvalue weighted by Crippen LogP contribution is -2.36. The fourth-order valence-corrected chi connectivity index (χ4v) is 1.15. The minimum Gasteiger partial charge on any atom is -0.467 e. The SMILES string of the molecule is CC#CCCCOC/C=C/C(C)(OO)C(=O)OC. The first kappa shape index (κ1) is 16.6. The molecule has 0 aromatic heterocycles. The average Bonchev–Trinajstić information content (AvgIpc) is 2.40. The van der Waals surface area contributed by atoms with Crippen molar-refractivity contribution in [1.82, 2.24) is 0 Å². The van der Waals surface area contributed by atoms with Crippen LogP contribution in [0.1, 0.15) is 26.7 Å². The fraction of sp³-hybridized carbons (Fsp3) is 0.615. The Kier molecular flexibility index (Phi) is 8.93. The molecule has 0 saturated carbocycles.